The highest BCUT2D eigenvalue weighted by molar-refractivity contribution is 5.76. The van der Waals surface area contributed by atoms with Crippen molar-refractivity contribution < 1.29 is 8.78 Å². The molecular weight excluding hydrogens is 314 g/mol. The second kappa shape index (κ2) is 6.79. The highest BCUT2D eigenvalue weighted by Crippen LogP contribution is 2.34. The van der Waals surface area contributed by atoms with E-state index < -0.39 is 0 Å². The van der Waals surface area contributed by atoms with Gasteiger partial charge in [0.2, 0.25) is 0 Å². The quantitative estimate of drug-likeness (QED) is 0.494. The molecule has 0 aliphatic heterocycles. The van der Waals surface area contributed by atoms with Crippen LogP contribution in [0.4, 0.5) is 8.78 Å². The van der Waals surface area contributed by atoms with Crippen molar-refractivity contribution in [2.75, 3.05) is 0 Å². The molecule has 0 unspecified atom stereocenters. The molecule has 0 aromatic heterocycles. The molecule has 0 spiro atoms. The average Bonchev–Trinajstić information content (AvgIpc) is 2.60. The zero-order valence-electron chi connectivity index (χ0n) is 15.1. The average molecular weight is 336 g/mol. The lowest BCUT2D eigenvalue weighted by Gasteiger charge is -2.14. The van der Waals surface area contributed by atoms with E-state index in [-0.39, 0.29) is 11.6 Å². The summed E-state index contributed by atoms with van der Waals surface area (Å²) in [5, 5.41) is 0. The summed E-state index contributed by atoms with van der Waals surface area (Å²) in [6.45, 7) is 7.76. The number of hydrogen-bond acceptors (Lipinski definition) is 0. The van der Waals surface area contributed by atoms with E-state index in [1.807, 2.05) is 51.1 Å². The molecule has 3 aromatic carbocycles. The third-order valence-corrected chi connectivity index (χ3v) is 5.04. The standard InChI is InChI=1S/C23H22F2/c1-5-17-12-18(13-22(24)16(17)4)20-10-7-11-21(23(20)25)19-9-6-8-14(2)15(19)3/h6-13H,5H2,1-4H3. The van der Waals surface area contributed by atoms with Crippen molar-refractivity contribution in [2.24, 2.45) is 0 Å². The maximum Gasteiger partial charge on any atom is 0.138 e. The van der Waals surface area contributed by atoms with Crippen molar-refractivity contribution >= 4 is 0 Å². The third-order valence-electron chi connectivity index (χ3n) is 5.04. The maximum absolute atomic E-state index is 15.3. The molecule has 0 saturated heterocycles. The molecule has 0 amide bonds. The van der Waals surface area contributed by atoms with Gasteiger partial charge in [0, 0.05) is 11.1 Å². The van der Waals surface area contributed by atoms with Crippen LogP contribution < -0.4 is 0 Å². The lowest BCUT2D eigenvalue weighted by Crippen LogP contribution is -1.96. The minimum atomic E-state index is -0.304. The largest absolute Gasteiger partial charge is 0.207 e. The SMILES string of the molecule is CCc1cc(-c2cccc(-c3cccc(C)c3C)c2F)cc(F)c1C. The molecule has 0 nitrogen and oxygen atoms in total. The monoisotopic (exact) mass is 336 g/mol. The van der Waals surface area contributed by atoms with Gasteiger partial charge in [-0.05, 0) is 66.6 Å². The zero-order valence-corrected chi connectivity index (χ0v) is 15.1. The van der Waals surface area contributed by atoms with Crippen LogP contribution in [0.3, 0.4) is 0 Å². The van der Waals surface area contributed by atoms with Crippen LogP contribution in [0.5, 0.6) is 0 Å². The molecule has 3 aromatic rings. The number of aryl methyl sites for hydroxylation is 2. The summed E-state index contributed by atoms with van der Waals surface area (Å²) in [5.74, 6) is -0.590. The molecule has 0 bridgehead atoms. The van der Waals surface area contributed by atoms with E-state index in [9.17, 15) is 4.39 Å². The fourth-order valence-electron chi connectivity index (χ4n) is 3.26. The van der Waals surface area contributed by atoms with Crippen molar-refractivity contribution in [2.45, 2.75) is 34.1 Å². The number of rotatable bonds is 3. The predicted octanol–water partition coefficient (Wildman–Crippen LogP) is 6.79. The first kappa shape index (κ1) is 17.3. The van der Waals surface area contributed by atoms with E-state index in [2.05, 4.69) is 0 Å². The van der Waals surface area contributed by atoms with Crippen LogP contribution in [0, 0.1) is 32.4 Å². The van der Waals surface area contributed by atoms with E-state index in [1.165, 1.54) is 6.07 Å². The fourth-order valence-corrected chi connectivity index (χ4v) is 3.26. The van der Waals surface area contributed by atoms with Crippen LogP contribution in [0.1, 0.15) is 29.2 Å². The summed E-state index contributed by atoms with van der Waals surface area (Å²) in [6, 6.07) is 14.5. The minimum absolute atomic E-state index is 0.286. The normalized spacial score (nSPS) is 11.0. The second-order valence-electron chi connectivity index (χ2n) is 6.51. The van der Waals surface area contributed by atoms with Gasteiger partial charge in [-0.3, -0.25) is 0 Å². The van der Waals surface area contributed by atoms with Gasteiger partial charge < -0.3 is 0 Å². The van der Waals surface area contributed by atoms with Gasteiger partial charge in [-0.2, -0.15) is 0 Å². The van der Waals surface area contributed by atoms with Crippen molar-refractivity contribution in [3.8, 4) is 22.3 Å². The summed E-state index contributed by atoms with van der Waals surface area (Å²) in [5.41, 5.74) is 6.18. The molecule has 3 rings (SSSR count). The van der Waals surface area contributed by atoms with E-state index in [1.54, 1.807) is 19.1 Å². The summed E-state index contributed by atoms with van der Waals surface area (Å²) in [7, 11) is 0. The molecular formula is C23H22F2. The molecule has 0 aliphatic rings. The summed E-state index contributed by atoms with van der Waals surface area (Å²) >= 11 is 0. The van der Waals surface area contributed by atoms with E-state index >= 15 is 4.39 Å². The molecule has 0 N–H and O–H groups in total. The molecule has 0 aliphatic carbocycles. The van der Waals surface area contributed by atoms with Crippen molar-refractivity contribution in [3.63, 3.8) is 0 Å². The Morgan fingerprint density at radius 1 is 0.760 bits per heavy atom. The topological polar surface area (TPSA) is 0 Å². The van der Waals surface area contributed by atoms with E-state index in [4.69, 9.17) is 0 Å². The van der Waals surface area contributed by atoms with Gasteiger partial charge in [0.1, 0.15) is 11.6 Å². The smallest absolute Gasteiger partial charge is 0.138 e. The predicted molar refractivity (Wildman–Crippen MR) is 101 cm³/mol. The number of halogens is 2. The maximum atomic E-state index is 15.3. The highest BCUT2D eigenvalue weighted by atomic mass is 19.1. The fraction of sp³-hybridized carbons (Fsp3) is 0.217. The van der Waals surface area contributed by atoms with Crippen LogP contribution in [0.25, 0.3) is 22.3 Å². The molecule has 0 fully saturated rings. The Hall–Kier alpha value is -2.48. The zero-order chi connectivity index (χ0) is 18.1. The molecule has 0 radical (unpaired) electrons. The van der Waals surface area contributed by atoms with E-state index in [0.717, 1.165) is 28.7 Å². The highest BCUT2D eigenvalue weighted by Gasteiger charge is 2.15. The molecule has 0 saturated carbocycles. The molecule has 0 heterocycles. The first-order chi connectivity index (χ1) is 11.9. The number of hydrogen-bond donors (Lipinski definition) is 0. The van der Waals surface area contributed by atoms with Gasteiger partial charge in [-0.25, -0.2) is 8.78 Å². The van der Waals surface area contributed by atoms with Gasteiger partial charge in [0.05, 0.1) is 0 Å². The molecule has 25 heavy (non-hydrogen) atoms. The van der Waals surface area contributed by atoms with Crippen molar-refractivity contribution in [3.05, 3.63) is 82.4 Å². The Morgan fingerprint density at radius 3 is 2.12 bits per heavy atom. The van der Waals surface area contributed by atoms with Crippen molar-refractivity contribution in [1.82, 2.24) is 0 Å². The van der Waals surface area contributed by atoms with Gasteiger partial charge in [-0.1, -0.05) is 49.4 Å². The van der Waals surface area contributed by atoms with Gasteiger partial charge >= 0.3 is 0 Å². The van der Waals surface area contributed by atoms with Crippen molar-refractivity contribution in [1.29, 1.82) is 0 Å². The molecule has 0 atom stereocenters. The third kappa shape index (κ3) is 3.09. The van der Waals surface area contributed by atoms with Gasteiger partial charge in [-0.15, -0.1) is 0 Å². The van der Waals surface area contributed by atoms with Crippen LogP contribution >= 0.6 is 0 Å². The first-order valence-electron chi connectivity index (χ1n) is 8.58. The Balaban J connectivity index is 2.21. The summed E-state index contributed by atoms with van der Waals surface area (Å²) in [6.07, 6.45) is 0.717. The van der Waals surface area contributed by atoms with Crippen LogP contribution in [-0.4, -0.2) is 0 Å². The molecule has 128 valence electrons. The first-order valence-corrected chi connectivity index (χ1v) is 8.58. The lowest BCUT2D eigenvalue weighted by atomic mass is 9.92. The molecule has 2 heteroatoms. The number of benzene rings is 3. The Bertz CT molecular complexity index is 939. The second-order valence-corrected chi connectivity index (χ2v) is 6.51. The van der Waals surface area contributed by atoms with Crippen LogP contribution in [0.15, 0.2) is 48.5 Å². The van der Waals surface area contributed by atoms with Crippen LogP contribution in [0.2, 0.25) is 0 Å². The summed E-state index contributed by atoms with van der Waals surface area (Å²) < 4.78 is 29.6. The lowest BCUT2D eigenvalue weighted by molar-refractivity contribution is 0.615. The minimum Gasteiger partial charge on any atom is -0.207 e. The van der Waals surface area contributed by atoms with Gasteiger partial charge in [0.25, 0.3) is 0 Å². The van der Waals surface area contributed by atoms with Crippen LogP contribution in [-0.2, 0) is 6.42 Å². The summed E-state index contributed by atoms with van der Waals surface area (Å²) in [4.78, 5) is 0. The van der Waals surface area contributed by atoms with E-state index in [0.29, 0.717) is 22.3 Å². The van der Waals surface area contributed by atoms with Gasteiger partial charge in [0.15, 0.2) is 0 Å². The Morgan fingerprint density at radius 2 is 1.40 bits per heavy atom. The Kier molecular flexibility index (Phi) is 4.71. The Labute approximate surface area is 148 Å².